The third kappa shape index (κ3) is 5.89. The van der Waals surface area contributed by atoms with Gasteiger partial charge in [0.2, 0.25) is 10.0 Å². The van der Waals surface area contributed by atoms with Crippen molar-refractivity contribution in [2.24, 2.45) is 0 Å². The number of aromatic amines is 1. The smallest absolute Gasteiger partial charge is 0.416 e. The number of H-pyrrole nitrogens is 1. The molecule has 0 saturated carbocycles. The molecule has 4 aromatic carbocycles. The van der Waals surface area contributed by atoms with Crippen LogP contribution in [-0.4, -0.2) is 29.9 Å². The third-order valence-electron chi connectivity index (χ3n) is 6.99. The topological polar surface area (TPSA) is 114 Å². The van der Waals surface area contributed by atoms with E-state index in [4.69, 9.17) is 23.2 Å². The summed E-state index contributed by atoms with van der Waals surface area (Å²) in [5.41, 5.74) is -3.03. The van der Waals surface area contributed by atoms with Gasteiger partial charge in [-0.15, -0.1) is 0 Å². The number of nitriles is 1. The second kappa shape index (κ2) is 11.6. The minimum absolute atomic E-state index is 0.0273. The highest BCUT2D eigenvalue weighted by molar-refractivity contribution is 7.89. The summed E-state index contributed by atoms with van der Waals surface area (Å²) in [7, 11) is -2.72. The second-order valence-corrected chi connectivity index (χ2v) is 12.7. The number of aromatic hydroxyl groups is 1. The predicted octanol–water partition coefficient (Wildman–Crippen LogP) is 7.59. The summed E-state index contributed by atoms with van der Waals surface area (Å²) in [6.07, 6.45) is -4.73. The van der Waals surface area contributed by atoms with Crippen molar-refractivity contribution in [3.05, 3.63) is 116 Å². The number of nitrogens with one attached hydrogen (secondary N) is 1. The Morgan fingerprint density at radius 1 is 0.932 bits per heavy atom. The Balaban J connectivity index is 1.58. The maximum absolute atomic E-state index is 13.5. The lowest BCUT2D eigenvalue weighted by molar-refractivity contribution is -0.137. The van der Waals surface area contributed by atoms with E-state index in [1.165, 1.54) is 37.4 Å². The molecule has 0 saturated heterocycles. The largest absolute Gasteiger partial charge is 0.507 e. The molecule has 5 aromatic rings. The van der Waals surface area contributed by atoms with E-state index in [1.807, 2.05) is 12.1 Å². The van der Waals surface area contributed by atoms with E-state index in [0.717, 1.165) is 33.3 Å². The number of phenolic OH excluding ortho intramolecular Hbond substituents is 1. The molecule has 0 bridgehead atoms. The maximum Gasteiger partial charge on any atom is 0.416 e. The zero-order valence-corrected chi connectivity index (χ0v) is 24.9. The average Bonchev–Trinajstić information content (AvgIpc) is 2.97. The fourth-order valence-corrected chi connectivity index (χ4v) is 6.40. The van der Waals surface area contributed by atoms with Crippen LogP contribution in [0.25, 0.3) is 33.2 Å². The molecular formula is C31H20Cl2F3N3O4S. The van der Waals surface area contributed by atoms with E-state index < -0.39 is 38.6 Å². The van der Waals surface area contributed by atoms with Crippen LogP contribution in [0.3, 0.4) is 0 Å². The summed E-state index contributed by atoms with van der Waals surface area (Å²) < 4.78 is 68.2. The first kappa shape index (κ1) is 31.1. The van der Waals surface area contributed by atoms with Crippen molar-refractivity contribution in [3.63, 3.8) is 0 Å². The lowest BCUT2D eigenvalue weighted by Gasteiger charge is -2.20. The first-order valence-electron chi connectivity index (χ1n) is 12.7. The van der Waals surface area contributed by atoms with E-state index in [-0.39, 0.29) is 49.4 Å². The van der Waals surface area contributed by atoms with Crippen molar-refractivity contribution in [1.29, 1.82) is 5.26 Å². The van der Waals surface area contributed by atoms with Gasteiger partial charge in [-0.05, 0) is 59.3 Å². The van der Waals surface area contributed by atoms with Crippen molar-refractivity contribution in [2.45, 2.75) is 17.6 Å². The molecule has 224 valence electrons. The number of hydrogen-bond donors (Lipinski definition) is 2. The van der Waals surface area contributed by atoms with Gasteiger partial charge in [-0.25, -0.2) is 8.42 Å². The Labute approximate surface area is 259 Å². The van der Waals surface area contributed by atoms with Gasteiger partial charge in [-0.1, -0.05) is 53.5 Å². The molecular weight excluding hydrogens is 638 g/mol. The van der Waals surface area contributed by atoms with E-state index in [0.29, 0.717) is 0 Å². The van der Waals surface area contributed by atoms with Crippen molar-refractivity contribution >= 4 is 44.0 Å². The summed E-state index contributed by atoms with van der Waals surface area (Å²) in [5.74, 6) is -0.448. The number of rotatable bonds is 6. The Morgan fingerprint density at radius 3 is 2.32 bits per heavy atom. The monoisotopic (exact) mass is 657 g/mol. The van der Waals surface area contributed by atoms with Gasteiger partial charge in [0.25, 0.3) is 5.56 Å². The van der Waals surface area contributed by atoms with Gasteiger partial charge in [0.1, 0.15) is 17.4 Å². The SMILES string of the molecule is CN(Cc1cc(Cl)cc(-c2cc(-c3cc(C(F)(F)F)ccc3Cl)c(C#N)c(=O)[nH]2)c1O)S(=O)(=O)c1ccc2ccccc2c1. The highest BCUT2D eigenvalue weighted by Gasteiger charge is 2.32. The molecule has 1 aromatic heterocycles. The Morgan fingerprint density at radius 2 is 1.64 bits per heavy atom. The van der Waals surface area contributed by atoms with Crippen LogP contribution in [0.15, 0.2) is 88.6 Å². The van der Waals surface area contributed by atoms with Crippen molar-refractivity contribution in [1.82, 2.24) is 9.29 Å². The van der Waals surface area contributed by atoms with Gasteiger partial charge < -0.3 is 10.1 Å². The lowest BCUT2D eigenvalue weighted by atomic mass is 9.96. The Kier molecular flexibility index (Phi) is 8.22. The molecule has 0 amide bonds. The van der Waals surface area contributed by atoms with Crippen LogP contribution in [0.5, 0.6) is 5.75 Å². The number of hydrogen-bond acceptors (Lipinski definition) is 5. The molecule has 7 nitrogen and oxygen atoms in total. The van der Waals surface area contributed by atoms with Crippen LogP contribution in [0.2, 0.25) is 10.0 Å². The first-order valence-corrected chi connectivity index (χ1v) is 14.9. The van der Waals surface area contributed by atoms with Gasteiger partial charge in [-0.3, -0.25) is 4.79 Å². The van der Waals surface area contributed by atoms with E-state index in [2.05, 4.69) is 4.98 Å². The molecule has 0 aliphatic rings. The van der Waals surface area contributed by atoms with Gasteiger partial charge in [0.05, 0.1) is 16.2 Å². The van der Waals surface area contributed by atoms with E-state index in [1.54, 1.807) is 24.3 Å². The number of benzene rings is 4. The quantitative estimate of drug-likeness (QED) is 0.195. The van der Waals surface area contributed by atoms with Crippen LogP contribution in [0.1, 0.15) is 16.7 Å². The van der Waals surface area contributed by atoms with Crippen LogP contribution in [-0.2, 0) is 22.7 Å². The number of alkyl halides is 3. The molecule has 44 heavy (non-hydrogen) atoms. The average molecular weight is 658 g/mol. The molecule has 0 fully saturated rings. The molecule has 0 aliphatic heterocycles. The normalized spacial score (nSPS) is 12.0. The number of halogens is 5. The van der Waals surface area contributed by atoms with Crippen molar-refractivity contribution in [3.8, 4) is 34.2 Å². The number of aromatic nitrogens is 1. The first-order chi connectivity index (χ1) is 20.7. The van der Waals surface area contributed by atoms with Gasteiger partial charge in [-0.2, -0.15) is 22.7 Å². The molecule has 0 spiro atoms. The Hall–Kier alpha value is -4.34. The number of nitrogens with zero attached hydrogens (tertiary/aromatic N) is 2. The molecule has 0 aliphatic carbocycles. The van der Waals surface area contributed by atoms with Crippen LogP contribution >= 0.6 is 23.2 Å². The number of sulfonamides is 1. The number of phenols is 1. The summed E-state index contributed by atoms with van der Waals surface area (Å²) >= 11 is 12.5. The van der Waals surface area contributed by atoms with E-state index >= 15 is 0 Å². The van der Waals surface area contributed by atoms with Crippen molar-refractivity contribution < 1.29 is 26.7 Å². The van der Waals surface area contributed by atoms with E-state index in [9.17, 15) is 36.8 Å². The molecule has 5 rings (SSSR count). The molecule has 2 N–H and O–H groups in total. The molecule has 13 heteroatoms. The predicted molar refractivity (Wildman–Crippen MR) is 162 cm³/mol. The highest BCUT2D eigenvalue weighted by atomic mass is 35.5. The zero-order chi connectivity index (χ0) is 32.0. The van der Waals surface area contributed by atoms with Crippen LogP contribution in [0, 0.1) is 11.3 Å². The van der Waals surface area contributed by atoms with Crippen LogP contribution in [0.4, 0.5) is 13.2 Å². The van der Waals surface area contributed by atoms with Gasteiger partial charge >= 0.3 is 6.18 Å². The minimum Gasteiger partial charge on any atom is -0.507 e. The van der Waals surface area contributed by atoms with Crippen LogP contribution < -0.4 is 5.56 Å². The fraction of sp³-hybridized carbons (Fsp3) is 0.0968. The number of pyridine rings is 1. The zero-order valence-electron chi connectivity index (χ0n) is 22.6. The van der Waals surface area contributed by atoms with Crippen molar-refractivity contribution in [2.75, 3.05) is 7.05 Å². The minimum atomic E-state index is -4.73. The molecule has 0 unspecified atom stereocenters. The molecule has 0 radical (unpaired) electrons. The number of fused-ring (bicyclic) bond motifs is 1. The maximum atomic E-state index is 13.5. The summed E-state index contributed by atoms with van der Waals surface area (Å²) in [6.45, 7) is -0.332. The van der Waals surface area contributed by atoms with Gasteiger partial charge in [0, 0.05) is 45.9 Å². The Bertz CT molecular complexity index is 2160. The molecule has 1 heterocycles. The second-order valence-electron chi connectivity index (χ2n) is 9.84. The summed E-state index contributed by atoms with van der Waals surface area (Å²) in [5, 5.41) is 22.4. The summed E-state index contributed by atoms with van der Waals surface area (Å²) in [6, 6.07) is 19.9. The standard InChI is InChI=1S/C31H20Cl2F3N3O4S/c1-39(44(42,43)22-8-6-17-4-2-3-5-18(17)11-22)16-19-10-21(32)13-25(29(19)40)28-14-23(26(15-37)30(41)38-28)24-12-20(31(34,35)36)7-9-27(24)33/h2-14,40H,16H2,1H3,(H,38,41). The molecule has 0 atom stereocenters. The van der Waals surface area contributed by atoms with Gasteiger partial charge in [0.15, 0.2) is 0 Å². The highest BCUT2D eigenvalue weighted by Crippen LogP contribution is 2.40. The third-order valence-corrected chi connectivity index (χ3v) is 9.34. The fourth-order valence-electron chi connectivity index (χ4n) is 4.75. The lowest BCUT2D eigenvalue weighted by Crippen LogP contribution is -2.26. The summed E-state index contributed by atoms with van der Waals surface area (Å²) in [4.78, 5) is 15.4.